The zero-order valence-electron chi connectivity index (χ0n) is 8.35. The van der Waals surface area contributed by atoms with Crippen molar-refractivity contribution in [2.24, 2.45) is 0 Å². The molecule has 0 unspecified atom stereocenters. The van der Waals surface area contributed by atoms with Crippen molar-refractivity contribution < 1.29 is 4.39 Å². The van der Waals surface area contributed by atoms with Crippen molar-refractivity contribution in [3.8, 4) is 11.1 Å². The Morgan fingerprint density at radius 2 is 1.82 bits per heavy atom. The molecule has 0 fully saturated rings. The van der Waals surface area contributed by atoms with Crippen molar-refractivity contribution in [3.05, 3.63) is 45.3 Å². The average Bonchev–Trinajstić information content (AvgIpc) is 2.30. The van der Waals surface area contributed by atoms with Gasteiger partial charge in [0.1, 0.15) is 0 Å². The first-order valence-electron chi connectivity index (χ1n) is 4.55. The second-order valence-corrected chi connectivity index (χ2v) is 4.48. The number of nitrogens with zero attached hydrogens (tertiary/aromatic N) is 1. The third-order valence-electron chi connectivity index (χ3n) is 2.22. The molecule has 0 amide bonds. The molecule has 1 aromatic heterocycles. The maximum absolute atomic E-state index is 13.3. The molecule has 17 heavy (non-hydrogen) atoms. The molecule has 2 aromatic rings. The average molecular weight is 292 g/mol. The minimum absolute atomic E-state index is 0.162. The van der Waals surface area contributed by atoms with E-state index in [-0.39, 0.29) is 15.9 Å². The van der Waals surface area contributed by atoms with Gasteiger partial charge in [0.25, 0.3) is 0 Å². The van der Waals surface area contributed by atoms with Crippen molar-refractivity contribution >= 4 is 40.6 Å². The van der Waals surface area contributed by atoms with Crippen LogP contribution >= 0.6 is 34.8 Å². The highest BCUT2D eigenvalue weighted by molar-refractivity contribution is 6.49. The van der Waals surface area contributed by atoms with E-state index >= 15 is 0 Å². The first-order chi connectivity index (χ1) is 8.00. The molecule has 0 radical (unpaired) electrons. The van der Waals surface area contributed by atoms with Crippen LogP contribution in [0.2, 0.25) is 15.1 Å². The van der Waals surface area contributed by atoms with Gasteiger partial charge in [-0.3, -0.25) is 0 Å². The number of aromatic nitrogens is 1. The maximum Gasteiger partial charge on any atom is 0.165 e. The van der Waals surface area contributed by atoms with Gasteiger partial charge in [-0.25, -0.2) is 9.37 Å². The molecule has 0 bridgehead atoms. The molecule has 2 rings (SSSR count). The third kappa shape index (κ3) is 2.32. The van der Waals surface area contributed by atoms with E-state index in [1.807, 2.05) is 0 Å². The fourth-order valence-electron chi connectivity index (χ4n) is 1.34. The van der Waals surface area contributed by atoms with Crippen LogP contribution in [0.15, 0.2) is 24.4 Å². The van der Waals surface area contributed by atoms with Crippen molar-refractivity contribution in [2.45, 2.75) is 0 Å². The fraction of sp³-hybridized carbons (Fsp3) is 0. The number of anilines is 1. The minimum atomic E-state index is -0.607. The molecule has 0 saturated heterocycles. The Bertz CT molecular complexity index is 587. The topological polar surface area (TPSA) is 38.9 Å². The van der Waals surface area contributed by atoms with Crippen LogP contribution in [0.4, 0.5) is 10.2 Å². The Labute approximate surface area is 112 Å². The van der Waals surface area contributed by atoms with E-state index < -0.39 is 5.82 Å². The lowest BCUT2D eigenvalue weighted by molar-refractivity contribution is 0.628. The van der Waals surface area contributed by atoms with E-state index in [0.29, 0.717) is 16.1 Å². The van der Waals surface area contributed by atoms with E-state index in [0.717, 1.165) is 0 Å². The molecule has 0 saturated carbocycles. The van der Waals surface area contributed by atoms with Crippen LogP contribution in [0.3, 0.4) is 0 Å². The lowest BCUT2D eigenvalue weighted by Crippen LogP contribution is -1.95. The highest BCUT2D eigenvalue weighted by atomic mass is 35.5. The Kier molecular flexibility index (Phi) is 3.43. The molecule has 0 spiro atoms. The molecule has 1 aromatic carbocycles. The monoisotopic (exact) mass is 290 g/mol. The molecular formula is C11H6Cl3FN2. The molecule has 0 aliphatic rings. The molecule has 88 valence electrons. The number of rotatable bonds is 1. The largest absolute Gasteiger partial charge is 0.381 e. The Morgan fingerprint density at radius 3 is 2.47 bits per heavy atom. The molecule has 2 N–H and O–H groups in total. The third-order valence-corrected chi connectivity index (χ3v) is 3.51. The molecule has 6 heteroatoms. The van der Waals surface area contributed by atoms with E-state index in [2.05, 4.69) is 4.98 Å². The normalized spacial score (nSPS) is 10.6. The van der Waals surface area contributed by atoms with E-state index in [1.165, 1.54) is 12.3 Å². The van der Waals surface area contributed by atoms with Gasteiger partial charge in [0.15, 0.2) is 11.6 Å². The van der Waals surface area contributed by atoms with Crippen molar-refractivity contribution in [1.29, 1.82) is 0 Å². The van der Waals surface area contributed by atoms with E-state index in [1.54, 1.807) is 12.1 Å². The van der Waals surface area contributed by atoms with Crippen LogP contribution in [-0.2, 0) is 0 Å². The zero-order chi connectivity index (χ0) is 12.6. The van der Waals surface area contributed by atoms with Crippen molar-refractivity contribution in [2.75, 3.05) is 5.73 Å². The summed E-state index contributed by atoms with van der Waals surface area (Å²) in [5.74, 6) is -0.769. The SMILES string of the molecule is Nc1ncc(-c2ccc(Cl)c(Cl)c2Cl)cc1F. The number of hydrogen-bond acceptors (Lipinski definition) is 2. The summed E-state index contributed by atoms with van der Waals surface area (Å²) in [5, 5.41) is 0.817. The van der Waals surface area contributed by atoms with Crippen LogP contribution in [0.5, 0.6) is 0 Å². The number of halogens is 4. The van der Waals surface area contributed by atoms with Gasteiger partial charge in [-0.15, -0.1) is 0 Å². The van der Waals surface area contributed by atoms with E-state index in [9.17, 15) is 4.39 Å². The zero-order valence-corrected chi connectivity index (χ0v) is 10.6. The fourth-order valence-corrected chi connectivity index (χ4v) is 1.99. The predicted octanol–water partition coefficient (Wildman–Crippen LogP) is 4.43. The van der Waals surface area contributed by atoms with E-state index in [4.69, 9.17) is 40.5 Å². The van der Waals surface area contributed by atoms with Crippen LogP contribution in [0, 0.1) is 5.82 Å². The van der Waals surface area contributed by atoms with Gasteiger partial charge in [-0.1, -0.05) is 40.9 Å². The summed E-state index contributed by atoms with van der Waals surface area (Å²) in [5.41, 5.74) is 6.33. The number of hydrogen-bond donors (Lipinski definition) is 1. The molecule has 0 aliphatic carbocycles. The van der Waals surface area contributed by atoms with Crippen LogP contribution < -0.4 is 5.73 Å². The summed E-state index contributed by atoms with van der Waals surface area (Å²) in [7, 11) is 0. The Hall–Kier alpha value is -1.03. The summed E-state index contributed by atoms with van der Waals surface area (Å²) in [4.78, 5) is 3.72. The summed E-state index contributed by atoms with van der Waals surface area (Å²) in [6.45, 7) is 0. The first kappa shape index (κ1) is 12.4. The lowest BCUT2D eigenvalue weighted by Gasteiger charge is -2.07. The van der Waals surface area contributed by atoms with Crippen molar-refractivity contribution in [1.82, 2.24) is 4.98 Å². The summed E-state index contributed by atoms with van der Waals surface area (Å²) >= 11 is 17.7. The Morgan fingerprint density at radius 1 is 1.12 bits per heavy atom. The van der Waals surface area contributed by atoms with Gasteiger partial charge >= 0.3 is 0 Å². The first-order valence-corrected chi connectivity index (χ1v) is 5.69. The lowest BCUT2D eigenvalue weighted by atomic mass is 10.1. The molecule has 2 nitrogen and oxygen atoms in total. The molecule has 0 atom stereocenters. The maximum atomic E-state index is 13.3. The van der Waals surface area contributed by atoms with Crippen LogP contribution in [-0.4, -0.2) is 4.98 Å². The minimum Gasteiger partial charge on any atom is -0.381 e. The highest BCUT2D eigenvalue weighted by Gasteiger charge is 2.12. The predicted molar refractivity (Wildman–Crippen MR) is 69.1 cm³/mol. The quantitative estimate of drug-likeness (QED) is 0.789. The highest BCUT2D eigenvalue weighted by Crippen LogP contribution is 2.38. The Balaban J connectivity index is 2.61. The second-order valence-electron chi connectivity index (χ2n) is 3.31. The van der Waals surface area contributed by atoms with Crippen molar-refractivity contribution in [3.63, 3.8) is 0 Å². The smallest absolute Gasteiger partial charge is 0.165 e. The summed E-state index contributed by atoms with van der Waals surface area (Å²) < 4.78 is 13.3. The number of nitrogens with two attached hydrogens (primary N) is 1. The molecule has 1 heterocycles. The second kappa shape index (κ2) is 4.69. The molecular weight excluding hydrogens is 285 g/mol. The summed E-state index contributed by atoms with van der Waals surface area (Å²) in [6.07, 6.45) is 1.42. The van der Waals surface area contributed by atoms with Gasteiger partial charge in [0, 0.05) is 17.3 Å². The van der Waals surface area contributed by atoms with Gasteiger partial charge in [0.05, 0.1) is 15.1 Å². The summed E-state index contributed by atoms with van der Waals surface area (Å²) in [6, 6.07) is 4.47. The van der Waals surface area contributed by atoms with Gasteiger partial charge in [0.2, 0.25) is 0 Å². The number of benzene rings is 1. The molecule has 0 aliphatic heterocycles. The van der Waals surface area contributed by atoms with Gasteiger partial charge in [-0.05, 0) is 12.1 Å². The van der Waals surface area contributed by atoms with Crippen LogP contribution in [0.1, 0.15) is 0 Å². The van der Waals surface area contributed by atoms with Gasteiger partial charge < -0.3 is 5.73 Å². The van der Waals surface area contributed by atoms with Crippen LogP contribution in [0.25, 0.3) is 11.1 Å². The standard InChI is InChI=1S/C11H6Cl3FN2/c12-7-2-1-6(9(13)10(7)14)5-3-8(15)11(16)17-4-5/h1-4H,(H2,16,17). The number of nitrogen functional groups attached to an aromatic ring is 1. The van der Waals surface area contributed by atoms with Gasteiger partial charge in [-0.2, -0.15) is 0 Å². The number of pyridine rings is 1.